The molecule has 39 heavy (non-hydrogen) atoms. The molecule has 0 saturated carbocycles. The van der Waals surface area contributed by atoms with Gasteiger partial charge in [0.1, 0.15) is 29.0 Å². The molecule has 194 valence electrons. The summed E-state index contributed by atoms with van der Waals surface area (Å²) in [4.78, 5) is 31.6. The Morgan fingerprint density at radius 1 is 1.03 bits per heavy atom. The van der Waals surface area contributed by atoms with Gasteiger partial charge in [-0.05, 0) is 50.6 Å². The van der Waals surface area contributed by atoms with Crippen LogP contribution in [0.3, 0.4) is 0 Å². The third kappa shape index (κ3) is 5.10. The molecular formula is C29H26N8O2. The maximum Gasteiger partial charge on any atom is 0.266 e. The highest BCUT2D eigenvalue weighted by Gasteiger charge is 2.21. The van der Waals surface area contributed by atoms with Crippen LogP contribution in [0.1, 0.15) is 38.2 Å². The van der Waals surface area contributed by atoms with Crippen molar-refractivity contribution in [2.24, 2.45) is 0 Å². The highest BCUT2D eigenvalue weighted by Crippen LogP contribution is 2.30. The van der Waals surface area contributed by atoms with E-state index in [2.05, 4.69) is 26.3 Å². The van der Waals surface area contributed by atoms with E-state index in [9.17, 15) is 10.1 Å². The van der Waals surface area contributed by atoms with Gasteiger partial charge in [0.05, 0.1) is 41.1 Å². The molecule has 0 spiro atoms. The normalized spacial score (nSPS) is 11.8. The molecule has 0 unspecified atom stereocenters. The van der Waals surface area contributed by atoms with Gasteiger partial charge < -0.3 is 15.8 Å². The molecule has 10 heteroatoms. The minimum atomic E-state index is -0.531. The van der Waals surface area contributed by atoms with E-state index in [1.807, 2.05) is 69.3 Å². The molecule has 3 aromatic heterocycles. The quantitative estimate of drug-likeness (QED) is 0.314. The van der Waals surface area contributed by atoms with Crippen LogP contribution in [0.15, 0.2) is 78.0 Å². The summed E-state index contributed by atoms with van der Waals surface area (Å²) >= 11 is 0. The van der Waals surface area contributed by atoms with Crippen molar-refractivity contribution in [2.45, 2.75) is 32.9 Å². The lowest BCUT2D eigenvalue weighted by atomic mass is 10.0. The fourth-order valence-electron chi connectivity index (χ4n) is 4.36. The Morgan fingerprint density at radius 3 is 2.56 bits per heavy atom. The van der Waals surface area contributed by atoms with Crippen molar-refractivity contribution in [1.29, 1.82) is 5.26 Å². The average molecular weight is 519 g/mol. The smallest absolute Gasteiger partial charge is 0.266 e. The Hall–Kier alpha value is -5.30. The van der Waals surface area contributed by atoms with E-state index in [1.165, 1.54) is 6.20 Å². The molecule has 3 N–H and O–H groups in total. The number of nitrogen functional groups attached to an aromatic ring is 1. The summed E-state index contributed by atoms with van der Waals surface area (Å²) in [6.45, 7) is 5.73. The van der Waals surface area contributed by atoms with Gasteiger partial charge in [0.2, 0.25) is 5.95 Å². The topological polar surface area (TPSA) is 145 Å². The molecule has 0 saturated heterocycles. The van der Waals surface area contributed by atoms with E-state index in [4.69, 9.17) is 15.5 Å². The number of aromatic nitrogens is 5. The maximum atomic E-state index is 14.3. The van der Waals surface area contributed by atoms with Crippen LogP contribution in [0, 0.1) is 11.3 Å². The van der Waals surface area contributed by atoms with E-state index in [0.29, 0.717) is 33.7 Å². The zero-order chi connectivity index (χ0) is 27.5. The SMILES string of the molecule is CC(C)Oc1cncc(-c2cccc3nc([C@@H](C)Nc4nc(N)ncc4C#N)n(-c4ccccc4)c(=O)c23)c1. The number of para-hydroxylation sites is 1. The molecule has 0 aliphatic heterocycles. The average Bonchev–Trinajstić information content (AvgIpc) is 2.93. The molecule has 1 atom stereocenters. The third-order valence-corrected chi connectivity index (χ3v) is 6.00. The molecule has 0 fully saturated rings. The first-order chi connectivity index (χ1) is 18.9. The minimum Gasteiger partial charge on any atom is -0.489 e. The standard InChI is InChI=1S/C29H26N8O2/c1-17(2)39-22-12-19(14-32-16-22)23-10-7-11-24-25(23)28(38)37(21-8-5-4-6-9-21)27(35-24)18(3)34-26-20(13-30)15-33-29(31)36-26/h4-12,14-18H,1-3H3,(H3,31,33,34,36)/t18-/m1/s1. The molecule has 10 nitrogen and oxygen atoms in total. The van der Waals surface area contributed by atoms with Gasteiger partial charge >= 0.3 is 0 Å². The number of hydrogen-bond acceptors (Lipinski definition) is 9. The Bertz CT molecular complexity index is 1760. The van der Waals surface area contributed by atoms with Gasteiger partial charge in [0.25, 0.3) is 5.56 Å². The number of nitriles is 1. The van der Waals surface area contributed by atoms with Crippen LogP contribution in [0.25, 0.3) is 27.7 Å². The molecule has 0 radical (unpaired) electrons. The Labute approximate surface area is 224 Å². The zero-order valence-electron chi connectivity index (χ0n) is 21.7. The number of rotatable bonds is 7. The van der Waals surface area contributed by atoms with E-state index < -0.39 is 6.04 Å². The highest BCUT2D eigenvalue weighted by atomic mass is 16.5. The van der Waals surface area contributed by atoms with Crippen molar-refractivity contribution >= 4 is 22.7 Å². The van der Waals surface area contributed by atoms with Crippen molar-refractivity contribution in [1.82, 2.24) is 24.5 Å². The van der Waals surface area contributed by atoms with E-state index >= 15 is 0 Å². The van der Waals surface area contributed by atoms with Crippen molar-refractivity contribution in [2.75, 3.05) is 11.1 Å². The maximum absolute atomic E-state index is 14.3. The fourth-order valence-corrected chi connectivity index (χ4v) is 4.36. The van der Waals surface area contributed by atoms with Gasteiger partial charge in [-0.25, -0.2) is 9.97 Å². The summed E-state index contributed by atoms with van der Waals surface area (Å²) in [7, 11) is 0. The van der Waals surface area contributed by atoms with Gasteiger partial charge in [-0.2, -0.15) is 10.2 Å². The molecule has 0 aliphatic rings. The molecule has 0 aliphatic carbocycles. The summed E-state index contributed by atoms with van der Waals surface area (Å²) < 4.78 is 7.41. The number of fused-ring (bicyclic) bond motifs is 1. The predicted molar refractivity (Wildman–Crippen MR) is 150 cm³/mol. The van der Waals surface area contributed by atoms with Crippen molar-refractivity contribution in [3.05, 3.63) is 94.9 Å². The second kappa shape index (κ2) is 10.6. The number of nitrogens with one attached hydrogen (secondary N) is 1. The lowest BCUT2D eigenvalue weighted by Crippen LogP contribution is -2.28. The fraction of sp³-hybridized carbons (Fsp3) is 0.172. The van der Waals surface area contributed by atoms with Gasteiger partial charge in [-0.3, -0.25) is 14.3 Å². The number of nitrogens with two attached hydrogens (primary N) is 1. The Kier molecular flexibility index (Phi) is 6.89. The summed E-state index contributed by atoms with van der Waals surface area (Å²) in [5.41, 5.74) is 8.35. The highest BCUT2D eigenvalue weighted by molar-refractivity contribution is 5.94. The summed E-state index contributed by atoms with van der Waals surface area (Å²) in [6, 6.07) is 18.2. The van der Waals surface area contributed by atoms with Crippen LogP contribution in [0.4, 0.5) is 11.8 Å². The van der Waals surface area contributed by atoms with Gasteiger partial charge in [0.15, 0.2) is 0 Å². The lowest BCUT2D eigenvalue weighted by Gasteiger charge is -2.21. The third-order valence-electron chi connectivity index (χ3n) is 6.00. The second-order valence-electron chi connectivity index (χ2n) is 9.19. The van der Waals surface area contributed by atoms with Gasteiger partial charge in [-0.1, -0.05) is 30.3 Å². The molecule has 3 heterocycles. The van der Waals surface area contributed by atoms with Crippen LogP contribution in [0.2, 0.25) is 0 Å². The summed E-state index contributed by atoms with van der Waals surface area (Å²) in [5.74, 6) is 1.33. The Balaban J connectivity index is 1.72. The first-order valence-corrected chi connectivity index (χ1v) is 12.4. The summed E-state index contributed by atoms with van der Waals surface area (Å²) in [5, 5.41) is 13.2. The predicted octanol–water partition coefficient (Wildman–Crippen LogP) is 4.65. The van der Waals surface area contributed by atoms with E-state index in [1.54, 1.807) is 23.0 Å². The van der Waals surface area contributed by atoms with E-state index in [0.717, 1.165) is 5.56 Å². The number of hydrogen-bond donors (Lipinski definition) is 2. The molecule has 0 bridgehead atoms. The zero-order valence-corrected chi connectivity index (χ0v) is 21.7. The number of anilines is 2. The molecular weight excluding hydrogens is 492 g/mol. The Morgan fingerprint density at radius 2 is 1.82 bits per heavy atom. The number of pyridine rings is 1. The van der Waals surface area contributed by atoms with Crippen LogP contribution < -0.4 is 21.3 Å². The van der Waals surface area contributed by atoms with Crippen LogP contribution in [0.5, 0.6) is 5.75 Å². The van der Waals surface area contributed by atoms with Gasteiger partial charge in [0, 0.05) is 11.8 Å². The minimum absolute atomic E-state index is 0.0186. The number of nitrogens with zero attached hydrogens (tertiary/aromatic N) is 6. The van der Waals surface area contributed by atoms with Gasteiger partial charge in [-0.15, -0.1) is 0 Å². The summed E-state index contributed by atoms with van der Waals surface area (Å²) in [6.07, 6.45) is 4.69. The van der Waals surface area contributed by atoms with Crippen LogP contribution >= 0.6 is 0 Å². The second-order valence-corrected chi connectivity index (χ2v) is 9.19. The monoisotopic (exact) mass is 518 g/mol. The lowest BCUT2D eigenvalue weighted by molar-refractivity contribution is 0.241. The first kappa shape index (κ1) is 25.4. The molecule has 2 aromatic carbocycles. The molecule has 0 amide bonds. The number of benzene rings is 2. The molecule has 5 rings (SSSR count). The van der Waals surface area contributed by atoms with Crippen molar-refractivity contribution in [3.63, 3.8) is 0 Å². The van der Waals surface area contributed by atoms with Crippen LogP contribution in [-0.4, -0.2) is 30.6 Å². The van der Waals surface area contributed by atoms with Crippen molar-refractivity contribution < 1.29 is 4.74 Å². The largest absolute Gasteiger partial charge is 0.489 e. The first-order valence-electron chi connectivity index (χ1n) is 12.4. The molecule has 5 aromatic rings. The number of ether oxygens (including phenoxy) is 1. The van der Waals surface area contributed by atoms with Crippen LogP contribution in [-0.2, 0) is 0 Å². The van der Waals surface area contributed by atoms with Crippen molar-refractivity contribution in [3.8, 4) is 28.6 Å². The van der Waals surface area contributed by atoms with E-state index in [-0.39, 0.29) is 29.0 Å².